The first-order valence-corrected chi connectivity index (χ1v) is 9.38. The molecular weight excluding hydrogens is 379 g/mol. The number of hydrogen-bond acceptors (Lipinski definition) is 5. The minimum Gasteiger partial charge on any atom is -0.394 e. The van der Waals surface area contributed by atoms with E-state index in [-0.39, 0.29) is 23.6 Å². The van der Waals surface area contributed by atoms with Crippen LogP contribution in [0.15, 0.2) is 54.6 Å². The SMILES string of the molecule is CC(C)[C@H](CO)Nc1nc(Nc2ccc(F)cc2Cl)cc(-c2ccccc2)n1. The molecule has 0 radical (unpaired) electrons. The number of aromatic nitrogens is 2. The van der Waals surface area contributed by atoms with Crippen LogP contribution in [0.2, 0.25) is 5.02 Å². The molecule has 1 atom stereocenters. The molecule has 0 aliphatic carbocycles. The highest BCUT2D eigenvalue weighted by atomic mass is 35.5. The molecule has 0 unspecified atom stereocenters. The van der Waals surface area contributed by atoms with Gasteiger partial charge in [-0.1, -0.05) is 55.8 Å². The quantitative estimate of drug-likeness (QED) is 0.514. The molecule has 3 N–H and O–H groups in total. The van der Waals surface area contributed by atoms with Crippen LogP contribution < -0.4 is 10.6 Å². The molecule has 0 amide bonds. The van der Waals surface area contributed by atoms with E-state index in [0.29, 0.717) is 23.1 Å². The lowest BCUT2D eigenvalue weighted by Crippen LogP contribution is -2.30. The molecule has 0 spiro atoms. The maximum absolute atomic E-state index is 13.3. The van der Waals surface area contributed by atoms with Gasteiger partial charge in [0.05, 0.1) is 29.1 Å². The van der Waals surface area contributed by atoms with Gasteiger partial charge in [0.2, 0.25) is 5.95 Å². The van der Waals surface area contributed by atoms with E-state index in [2.05, 4.69) is 20.6 Å². The number of anilines is 3. The zero-order chi connectivity index (χ0) is 20.1. The second kappa shape index (κ2) is 8.99. The normalized spacial score (nSPS) is 12.1. The molecule has 1 heterocycles. The molecule has 5 nitrogen and oxygen atoms in total. The van der Waals surface area contributed by atoms with E-state index in [4.69, 9.17) is 11.6 Å². The fraction of sp³-hybridized carbons (Fsp3) is 0.238. The fourth-order valence-corrected chi connectivity index (χ4v) is 2.86. The summed E-state index contributed by atoms with van der Waals surface area (Å²) in [5.74, 6) is 0.672. The largest absolute Gasteiger partial charge is 0.394 e. The van der Waals surface area contributed by atoms with E-state index >= 15 is 0 Å². The number of nitrogens with zero attached hydrogens (tertiary/aromatic N) is 2. The summed E-state index contributed by atoms with van der Waals surface area (Å²) in [5.41, 5.74) is 2.17. The molecule has 1 aromatic heterocycles. The third kappa shape index (κ3) is 4.97. The van der Waals surface area contributed by atoms with Gasteiger partial charge < -0.3 is 15.7 Å². The van der Waals surface area contributed by atoms with Crippen molar-refractivity contribution in [3.05, 3.63) is 65.4 Å². The fourth-order valence-electron chi connectivity index (χ4n) is 2.65. The number of halogens is 2. The van der Waals surface area contributed by atoms with Crippen LogP contribution in [0.5, 0.6) is 0 Å². The highest BCUT2D eigenvalue weighted by Gasteiger charge is 2.15. The van der Waals surface area contributed by atoms with Gasteiger partial charge in [-0.15, -0.1) is 0 Å². The Balaban J connectivity index is 1.99. The van der Waals surface area contributed by atoms with E-state index in [1.807, 2.05) is 44.2 Å². The minimum absolute atomic E-state index is 0.0385. The Morgan fingerprint density at radius 3 is 2.46 bits per heavy atom. The number of aliphatic hydroxyl groups excluding tert-OH is 1. The molecule has 0 fully saturated rings. The lowest BCUT2D eigenvalue weighted by atomic mass is 10.1. The van der Waals surface area contributed by atoms with Crippen molar-refractivity contribution in [3.63, 3.8) is 0 Å². The van der Waals surface area contributed by atoms with Crippen LogP contribution in [0.3, 0.4) is 0 Å². The molecule has 3 rings (SSSR count). The first kappa shape index (κ1) is 20.0. The summed E-state index contributed by atoms with van der Waals surface area (Å²) in [7, 11) is 0. The van der Waals surface area contributed by atoms with E-state index < -0.39 is 5.82 Å². The van der Waals surface area contributed by atoms with Gasteiger partial charge in [0.15, 0.2) is 0 Å². The number of hydrogen-bond donors (Lipinski definition) is 3. The summed E-state index contributed by atoms with van der Waals surface area (Å²) in [6.07, 6.45) is 0. The standard InChI is InChI=1S/C21H22ClFN4O/c1-13(2)19(12-28)26-21-25-18(14-6-4-3-5-7-14)11-20(27-21)24-17-9-8-15(23)10-16(17)22/h3-11,13,19,28H,12H2,1-2H3,(H2,24,25,26,27)/t19-/m0/s1. The second-order valence-electron chi connectivity index (χ2n) is 6.75. The Morgan fingerprint density at radius 1 is 1.07 bits per heavy atom. The Bertz CT molecular complexity index is 937. The Labute approximate surface area is 168 Å². The van der Waals surface area contributed by atoms with Crippen molar-refractivity contribution in [2.45, 2.75) is 19.9 Å². The predicted octanol–water partition coefficient (Wildman–Crippen LogP) is 5.11. The maximum atomic E-state index is 13.3. The van der Waals surface area contributed by atoms with Gasteiger partial charge in [-0.25, -0.2) is 9.37 Å². The van der Waals surface area contributed by atoms with Crippen molar-refractivity contribution in [1.82, 2.24) is 9.97 Å². The van der Waals surface area contributed by atoms with Crippen molar-refractivity contribution < 1.29 is 9.50 Å². The lowest BCUT2D eigenvalue weighted by molar-refractivity contribution is 0.248. The smallest absolute Gasteiger partial charge is 0.225 e. The topological polar surface area (TPSA) is 70.1 Å². The van der Waals surface area contributed by atoms with E-state index in [1.165, 1.54) is 12.1 Å². The van der Waals surface area contributed by atoms with Crippen molar-refractivity contribution in [3.8, 4) is 11.3 Å². The van der Waals surface area contributed by atoms with Gasteiger partial charge in [0.1, 0.15) is 11.6 Å². The molecule has 0 aliphatic heterocycles. The van der Waals surface area contributed by atoms with Crippen LogP contribution >= 0.6 is 11.6 Å². The minimum atomic E-state index is -0.409. The number of benzene rings is 2. The van der Waals surface area contributed by atoms with E-state index in [1.54, 1.807) is 12.1 Å². The van der Waals surface area contributed by atoms with Crippen molar-refractivity contribution >= 4 is 29.1 Å². The number of rotatable bonds is 7. The third-order valence-corrected chi connectivity index (χ3v) is 4.62. The monoisotopic (exact) mass is 400 g/mol. The zero-order valence-electron chi connectivity index (χ0n) is 15.7. The molecule has 28 heavy (non-hydrogen) atoms. The summed E-state index contributed by atoms with van der Waals surface area (Å²) in [6, 6.07) is 15.4. The molecule has 7 heteroatoms. The molecule has 3 aromatic rings. The van der Waals surface area contributed by atoms with Gasteiger partial charge in [0, 0.05) is 11.6 Å². The first-order valence-electron chi connectivity index (χ1n) is 9.00. The number of nitrogens with one attached hydrogen (secondary N) is 2. The average Bonchev–Trinajstić information content (AvgIpc) is 2.68. The Hall–Kier alpha value is -2.70. The van der Waals surface area contributed by atoms with E-state index in [9.17, 15) is 9.50 Å². The molecule has 0 bridgehead atoms. The molecule has 0 saturated carbocycles. The molecule has 146 valence electrons. The van der Waals surface area contributed by atoms with Crippen molar-refractivity contribution in [1.29, 1.82) is 0 Å². The Morgan fingerprint density at radius 2 is 1.82 bits per heavy atom. The van der Waals surface area contributed by atoms with Crippen molar-refractivity contribution in [2.24, 2.45) is 5.92 Å². The summed E-state index contributed by atoms with van der Waals surface area (Å²) in [4.78, 5) is 9.08. The second-order valence-corrected chi connectivity index (χ2v) is 7.16. The average molecular weight is 401 g/mol. The van der Waals surface area contributed by atoms with Gasteiger partial charge in [0.25, 0.3) is 0 Å². The van der Waals surface area contributed by atoms with Crippen molar-refractivity contribution in [2.75, 3.05) is 17.2 Å². The van der Waals surface area contributed by atoms with Gasteiger partial charge in [-0.05, 0) is 24.1 Å². The van der Waals surface area contributed by atoms with Crippen LogP contribution in [0.25, 0.3) is 11.3 Å². The summed E-state index contributed by atoms with van der Waals surface area (Å²) in [6.45, 7) is 3.97. The molecule has 0 aliphatic rings. The first-order chi connectivity index (χ1) is 13.5. The summed E-state index contributed by atoms with van der Waals surface area (Å²) in [5, 5.41) is 16.2. The zero-order valence-corrected chi connectivity index (χ0v) is 16.4. The highest BCUT2D eigenvalue weighted by Crippen LogP contribution is 2.28. The number of aliphatic hydroxyl groups is 1. The summed E-state index contributed by atoms with van der Waals surface area (Å²) >= 11 is 6.13. The lowest BCUT2D eigenvalue weighted by Gasteiger charge is -2.21. The molecule has 0 saturated heterocycles. The van der Waals surface area contributed by atoms with Crippen LogP contribution in [0, 0.1) is 11.7 Å². The third-order valence-electron chi connectivity index (χ3n) is 4.31. The van der Waals surface area contributed by atoms with Gasteiger partial charge in [-0.2, -0.15) is 4.98 Å². The van der Waals surface area contributed by atoms with E-state index in [0.717, 1.165) is 5.56 Å². The van der Waals surface area contributed by atoms with Crippen LogP contribution in [0.4, 0.5) is 21.8 Å². The predicted molar refractivity (Wildman–Crippen MR) is 111 cm³/mol. The maximum Gasteiger partial charge on any atom is 0.225 e. The molecular formula is C21H22ClFN4O. The summed E-state index contributed by atoms with van der Waals surface area (Å²) < 4.78 is 13.3. The molecule has 2 aromatic carbocycles. The Kier molecular flexibility index (Phi) is 6.44. The van der Waals surface area contributed by atoms with Gasteiger partial charge >= 0.3 is 0 Å². The van der Waals surface area contributed by atoms with Gasteiger partial charge in [-0.3, -0.25) is 0 Å². The van der Waals surface area contributed by atoms with Crippen LogP contribution in [0.1, 0.15) is 13.8 Å². The van der Waals surface area contributed by atoms with Crippen LogP contribution in [-0.4, -0.2) is 27.7 Å². The van der Waals surface area contributed by atoms with Crippen LogP contribution in [-0.2, 0) is 0 Å². The highest BCUT2D eigenvalue weighted by molar-refractivity contribution is 6.33.